The molecule has 2 aromatic carbocycles. The molecular weight excluding hydrogens is 506 g/mol. The van der Waals surface area contributed by atoms with E-state index in [0.717, 1.165) is 32.4 Å². The van der Waals surface area contributed by atoms with Crippen LogP contribution in [0, 0.1) is 0 Å². The zero-order valence-electron chi connectivity index (χ0n) is 15.6. The van der Waals surface area contributed by atoms with Gasteiger partial charge < -0.3 is 19.7 Å². The minimum atomic E-state index is -4.74. The number of phenols is 2. The Bertz CT molecular complexity index is 971. The molecule has 0 saturated carbocycles. The van der Waals surface area contributed by atoms with Crippen LogP contribution in [-0.2, 0) is 21.8 Å². The van der Waals surface area contributed by atoms with E-state index in [1.807, 2.05) is 0 Å². The summed E-state index contributed by atoms with van der Waals surface area (Å²) in [7, 11) is 2.11. The van der Waals surface area contributed by atoms with E-state index < -0.39 is 46.9 Å². The fourth-order valence-corrected chi connectivity index (χ4v) is 2.52. The number of ether oxygens (including phenoxy) is 2. The van der Waals surface area contributed by atoms with Crippen LogP contribution in [0.3, 0.4) is 0 Å². The number of carbonyl (C=O) groups excluding carboxylic acids is 2. The Balaban J connectivity index is 0.000000311. The molecule has 0 spiro atoms. The van der Waals surface area contributed by atoms with E-state index in [0.29, 0.717) is 12.1 Å². The van der Waals surface area contributed by atoms with Crippen molar-refractivity contribution in [2.45, 2.75) is 12.4 Å². The predicted molar refractivity (Wildman–Crippen MR) is 96.6 cm³/mol. The molecule has 6 nitrogen and oxygen atoms in total. The molecule has 2 rings (SSSR count). The van der Waals surface area contributed by atoms with Crippen molar-refractivity contribution in [3.8, 4) is 11.5 Å². The minimum absolute atomic E-state index is 0.220. The number of carbonyl (C=O) groups is 2. The molecule has 13 heteroatoms. The fraction of sp³-hybridized carbons (Fsp3) is 0.222. The Hall–Kier alpha value is -2.96. The summed E-state index contributed by atoms with van der Waals surface area (Å²) < 4.78 is 82.5. The monoisotopic (exact) mass is 518 g/mol. The molecule has 0 aliphatic rings. The van der Waals surface area contributed by atoms with E-state index in [4.69, 9.17) is 5.11 Å². The molecule has 0 fully saturated rings. The Morgan fingerprint density at radius 1 is 0.806 bits per heavy atom. The van der Waals surface area contributed by atoms with Gasteiger partial charge >= 0.3 is 24.3 Å². The second-order valence-corrected chi connectivity index (χ2v) is 6.42. The van der Waals surface area contributed by atoms with Gasteiger partial charge in [0, 0.05) is 0 Å². The third kappa shape index (κ3) is 6.77. The lowest BCUT2D eigenvalue weighted by atomic mass is 10.1. The maximum absolute atomic E-state index is 12.4. The largest absolute Gasteiger partial charge is 0.507 e. The molecule has 0 aliphatic heterocycles. The molecule has 31 heavy (non-hydrogen) atoms. The Morgan fingerprint density at radius 3 is 1.71 bits per heavy atom. The first-order valence-electron chi connectivity index (χ1n) is 7.80. The van der Waals surface area contributed by atoms with Crippen LogP contribution in [0.2, 0.25) is 0 Å². The van der Waals surface area contributed by atoms with Gasteiger partial charge in [-0.15, -0.1) is 0 Å². The summed E-state index contributed by atoms with van der Waals surface area (Å²) in [6.45, 7) is 0. The number of esters is 2. The fourth-order valence-electron chi connectivity index (χ4n) is 2.06. The number of halogens is 7. The lowest BCUT2D eigenvalue weighted by molar-refractivity contribution is -0.139. The van der Waals surface area contributed by atoms with Crippen molar-refractivity contribution in [1.29, 1.82) is 0 Å². The highest BCUT2D eigenvalue weighted by atomic mass is 79.9. The number of methoxy groups -OCH3 is 2. The van der Waals surface area contributed by atoms with Crippen LogP contribution in [0.25, 0.3) is 0 Å². The molecule has 0 aromatic heterocycles. The normalized spacial score (nSPS) is 11.3. The van der Waals surface area contributed by atoms with Gasteiger partial charge in [0.15, 0.2) is 0 Å². The Kier molecular flexibility index (Phi) is 8.33. The molecule has 0 amide bonds. The quantitative estimate of drug-likeness (QED) is 0.421. The second kappa shape index (κ2) is 9.90. The van der Waals surface area contributed by atoms with Crippen molar-refractivity contribution in [1.82, 2.24) is 0 Å². The van der Waals surface area contributed by atoms with Crippen molar-refractivity contribution < 1.29 is 55.6 Å². The van der Waals surface area contributed by atoms with Gasteiger partial charge in [-0.25, -0.2) is 9.59 Å². The molecule has 0 atom stereocenters. The van der Waals surface area contributed by atoms with E-state index in [-0.39, 0.29) is 15.6 Å². The summed E-state index contributed by atoms with van der Waals surface area (Å²) >= 11 is 2.73. The summed E-state index contributed by atoms with van der Waals surface area (Å²) in [5.74, 6) is -3.68. The van der Waals surface area contributed by atoms with Crippen molar-refractivity contribution in [2.75, 3.05) is 14.2 Å². The maximum atomic E-state index is 12.4. The molecule has 0 aliphatic carbocycles. The van der Waals surface area contributed by atoms with Crippen LogP contribution in [0.5, 0.6) is 11.5 Å². The van der Waals surface area contributed by atoms with E-state index in [2.05, 4.69) is 25.4 Å². The van der Waals surface area contributed by atoms with Gasteiger partial charge in [0.1, 0.15) is 11.5 Å². The molecule has 0 heterocycles. The number of benzene rings is 2. The van der Waals surface area contributed by atoms with E-state index >= 15 is 0 Å². The van der Waals surface area contributed by atoms with E-state index in [1.54, 1.807) is 0 Å². The number of alkyl halides is 6. The lowest BCUT2D eigenvalue weighted by Crippen LogP contribution is -2.09. The molecule has 2 aromatic rings. The summed E-state index contributed by atoms with van der Waals surface area (Å²) in [5, 5.41) is 18.1. The number of rotatable bonds is 2. The van der Waals surface area contributed by atoms with Crippen molar-refractivity contribution in [3.05, 3.63) is 57.1 Å². The lowest BCUT2D eigenvalue weighted by Gasteiger charge is -2.11. The van der Waals surface area contributed by atoms with Gasteiger partial charge in [-0.05, 0) is 46.3 Å². The van der Waals surface area contributed by atoms with Gasteiger partial charge in [-0.3, -0.25) is 0 Å². The van der Waals surface area contributed by atoms with Crippen molar-refractivity contribution >= 4 is 27.9 Å². The highest BCUT2D eigenvalue weighted by molar-refractivity contribution is 9.10. The topological polar surface area (TPSA) is 93.1 Å². The van der Waals surface area contributed by atoms with Gasteiger partial charge in [-0.1, -0.05) is 0 Å². The third-order valence-corrected chi connectivity index (χ3v) is 4.12. The molecule has 0 unspecified atom stereocenters. The average molecular weight is 519 g/mol. The first-order chi connectivity index (χ1) is 14.1. The average Bonchev–Trinajstić information content (AvgIpc) is 2.67. The summed E-state index contributed by atoms with van der Waals surface area (Å²) in [6.07, 6.45) is -9.44. The number of phenolic OH excluding ortho intramolecular Hbond substituents is 2. The maximum Gasteiger partial charge on any atom is 0.420 e. The van der Waals surface area contributed by atoms with Crippen LogP contribution >= 0.6 is 15.9 Å². The minimum Gasteiger partial charge on any atom is -0.507 e. The Morgan fingerprint density at radius 2 is 1.26 bits per heavy atom. The number of hydrogen-bond donors (Lipinski definition) is 2. The smallest absolute Gasteiger partial charge is 0.420 e. The molecule has 2 N–H and O–H groups in total. The first-order valence-corrected chi connectivity index (χ1v) is 8.59. The number of aromatic hydroxyl groups is 2. The van der Waals surface area contributed by atoms with Crippen LogP contribution in [0.4, 0.5) is 26.3 Å². The van der Waals surface area contributed by atoms with Gasteiger partial charge in [-0.2, -0.15) is 26.3 Å². The standard InChI is InChI=1S/C9H6BrF3O3.C9H7F3O3/c1-16-8(15)4-2-5(9(11,12)13)7(14)6(10)3-4;1-15-8(14)5-2-3-7(13)6(4-5)9(10,11)12/h2-3,14H,1H3;2-4,13H,1H3. The van der Waals surface area contributed by atoms with Crippen molar-refractivity contribution in [2.24, 2.45) is 0 Å². The zero-order chi connectivity index (χ0) is 24.1. The van der Waals surface area contributed by atoms with Crippen molar-refractivity contribution in [3.63, 3.8) is 0 Å². The van der Waals surface area contributed by atoms with Crippen LogP contribution < -0.4 is 0 Å². The van der Waals surface area contributed by atoms with Crippen LogP contribution in [0.1, 0.15) is 31.8 Å². The van der Waals surface area contributed by atoms with Crippen LogP contribution in [-0.4, -0.2) is 36.4 Å². The third-order valence-electron chi connectivity index (χ3n) is 3.51. The SMILES string of the molecule is COC(=O)c1cc(Br)c(O)c(C(F)(F)F)c1.COC(=O)c1ccc(O)c(C(F)(F)F)c1. The Labute approximate surface area is 179 Å². The molecule has 0 saturated heterocycles. The highest BCUT2D eigenvalue weighted by Gasteiger charge is 2.36. The van der Waals surface area contributed by atoms with Gasteiger partial charge in [0.2, 0.25) is 0 Å². The molecular formula is C18H13BrF6O6. The summed E-state index contributed by atoms with van der Waals surface area (Å²) in [5.41, 5.74) is -3.10. The predicted octanol–water partition coefficient (Wildman–Crippen LogP) is 5.16. The van der Waals surface area contributed by atoms with Crippen LogP contribution in [0.15, 0.2) is 34.8 Å². The van der Waals surface area contributed by atoms with Gasteiger partial charge in [0.05, 0.1) is 40.9 Å². The van der Waals surface area contributed by atoms with E-state index in [1.165, 1.54) is 0 Å². The number of hydrogen-bond acceptors (Lipinski definition) is 6. The molecule has 170 valence electrons. The van der Waals surface area contributed by atoms with Gasteiger partial charge in [0.25, 0.3) is 0 Å². The highest BCUT2D eigenvalue weighted by Crippen LogP contribution is 2.40. The molecule has 0 bridgehead atoms. The van der Waals surface area contributed by atoms with E-state index in [9.17, 15) is 41.0 Å². The zero-order valence-corrected chi connectivity index (χ0v) is 17.1. The first kappa shape index (κ1) is 26.1. The summed E-state index contributed by atoms with van der Waals surface area (Å²) in [4.78, 5) is 22.0. The summed E-state index contributed by atoms with van der Waals surface area (Å²) in [6, 6.07) is 3.98. The second-order valence-electron chi connectivity index (χ2n) is 5.56. The molecule has 0 radical (unpaired) electrons.